The molecule has 1 saturated heterocycles. The van der Waals surface area contributed by atoms with E-state index in [-0.39, 0.29) is 29.2 Å². The molecule has 1 unspecified atom stereocenters. The number of nitriles is 1. The monoisotopic (exact) mass is 487 g/mol. The van der Waals surface area contributed by atoms with Crippen LogP contribution in [0.2, 0.25) is 0 Å². The summed E-state index contributed by atoms with van der Waals surface area (Å²) in [6, 6.07) is 12.8. The van der Waals surface area contributed by atoms with Crippen molar-refractivity contribution in [3.63, 3.8) is 0 Å². The van der Waals surface area contributed by atoms with Crippen molar-refractivity contribution < 1.29 is 27.8 Å². The summed E-state index contributed by atoms with van der Waals surface area (Å²) in [5.41, 5.74) is 0.498. The molecule has 0 spiro atoms. The topological polar surface area (TPSA) is 129 Å². The van der Waals surface area contributed by atoms with Gasteiger partial charge in [0.25, 0.3) is 0 Å². The minimum atomic E-state index is -3.96. The van der Waals surface area contributed by atoms with Crippen LogP contribution >= 0.6 is 0 Å². The smallest absolute Gasteiger partial charge is 0.410 e. The second-order valence-corrected chi connectivity index (χ2v) is 10.8. The number of phenols is 1. The minimum Gasteiger partial charge on any atom is -0.507 e. The average Bonchev–Trinajstić information content (AvgIpc) is 3.23. The Bertz CT molecular complexity index is 1170. The number of aromatic hydroxyl groups is 1. The highest BCUT2D eigenvalue weighted by molar-refractivity contribution is 7.89. The van der Waals surface area contributed by atoms with E-state index >= 15 is 0 Å². The van der Waals surface area contributed by atoms with E-state index in [0.717, 1.165) is 11.6 Å². The van der Waals surface area contributed by atoms with Crippen LogP contribution < -0.4 is 9.46 Å². The summed E-state index contributed by atoms with van der Waals surface area (Å²) in [7, 11) is -3.96. The third kappa shape index (κ3) is 6.85. The van der Waals surface area contributed by atoms with Gasteiger partial charge in [0.15, 0.2) is 0 Å². The molecule has 34 heavy (non-hydrogen) atoms. The van der Waals surface area contributed by atoms with Gasteiger partial charge in [-0.1, -0.05) is 12.1 Å². The first kappa shape index (κ1) is 25.3. The second kappa shape index (κ2) is 10.3. The van der Waals surface area contributed by atoms with Crippen LogP contribution in [0.1, 0.15) is 38.3 Å². The molecular formula is C24H29N3O6S. The van der Waals surface area contributed by atoms with Crippen LogP contribution in [-0.4, -0.2) is 55.9 Å². The lowest BCUT2D eigenvalue weighted by Gasteiger charge is -2.24. The molecule has 9 nitrogen and oxygen atoms in total. The van der Waals surface area contributed by atoms with Crippen molar-refractivity contribution in [1.82, 2.24) is 9.62 Å². The molecule has 0 radical (unpaired) electrons. The summed E-state index contributed by atoms with van der Waals surface area (Å²) >= 11 is 0. The van der Waals surface area contributed by atoms with Crippen molar-refractivity contribution in [2.45, 2.75) is 50.2 Å². The molecule has 0 bridgehead atoms. The number of hydrogen-bond donors (Lipinski definition) is 2. The van der Waals surface area contributed by atoms with Crippen LogP contribution in [0, 0.1) is 11.3 Å². The fourth-order valence-electron chi connectivity index (χ4n) is 3.45. The Kier molecular flexibility index (Phi) is 7.69. The Balaban J connectivity index is 1.49. The maximum Gasteiger partial charge on any atom is 0.410 e. The maximum absolute atomic E-state index is 12.5. The molecule has 3 rings (SSSR count). The number of benzene rings is 2. The van der Waals surface area contributed by atoms with Gasteiger partial charge in [0.2, 0.25) is 10.0 Å². The van der Waals surface area contributed by atoms with Gasteiger partial charge in [0.1, 0.15) is 28.1 Å². The average molecular weight is 488 g/mol. The Morgan fingerprint density at radius 2 is 1.94 bits per heavy atom. The summed E-state index contributed by atoms with van der Waals surface area (Å²) in [6.45, 7) is 6.64. The van der Waals surface area contributed by atoms with Crippen LogP contribution in [0.5, 0.6) is 11.5 Å². The number of rotatable bonds is 7. The molecule has 1 aliphatic heterocycles. The summed E-state index contributed by atoms with van der Waals surface area (Å²) in [5, 5.41) is 18.8. The first-order valence-corrected chi connectivity index (χ1v) is 12.4. The number of hydrogen-bond acceptors (Lipinski definition) is 7. The van der Waals surface area contributed by atoms with Crippen molar-refractivity contribution in [2.24, 2.45) is 0 Å². The zero-order chi connectivity index (χ0) is 24.9. The number of phenolic OH excluding ortho intramolecular Hbond substituents is 1. The predicted octanol–water partition coefficient (Wildman–Crippen LogP) is 3.17. The molecule has 1 amide bonds. The van der Waals surface area contributed by atoms with Gasteiger partial charge in [0, 0.05) is 19.5 Å². The number of nitrogens with zero attached hydrogens (tertiary/aromatic N) is 2. The highest BCUT2D eigenvalue weighted by atomic mass is 32.2. The molecule has 0 aromatic heterocycles. The lowest BCUT2D eigenvalue weighted by atomic mass is 10.1. The Morgan fingerprint density at radius 3 is 2.59 bits per heavy atom. The van der Waals surface area contributed by atoms with Crippen molar-refractivity contribution in [2.75, 3.05) is 19.6 Å². The SMILES string of the molecule is CC(C)(C)OC(=O)N1CCC(Oc2ccc(CCNS(=O)(=O)c3cc(C#N)ccc3O)cc2)C1. The van der Waals surface area contributed by atoms with Gasteiger partial charge in [-0.25, -0.2) is 17.9 Å². The number of carbonyl (C=O) groups excluding carboxylic acids is 1. The number of sulfonamides is 1. The Hall–Kier alpha value is -3.29. The molecule has 2 aromatic rings. The third-order valence-electron chi connectivity index (χ3n) is 5.11. The summed E-state index contributed by atoms with van der Waals surface area (Å²) in [5.74, 6) is 0.253. The van der Waals surface area contributed by atoms with E-state index in [9.17, 15) is 18.3 Å². The number of likely N-dealkylation sites (tertiary alicyclic amines) is 1. The van der Waals surface area contributed by atoms with Gasteiger partial charge in [-0.15, -0.1) is 0 Å². The Labute approximate surface area is 200 Å². The van der Waals surface area contributed by atoms with Gasteiger partial charge in [-0.05, 0) is 63.1 Å². The van der Waals surface area contributed by atoms with Crippen molar-refractivity contribution in [3.8, 4) is 17.6 Å². The molecule has 182 valence electrons. The van der Waals surface area contributed by atoms with E-state index in [2.05, 4.69) is 4.72 Å². The number of nitrogens with one attached hydrogen (secondary N) is 1. The standard InChI is InChI=1S/C24H29N3O6S/c1-24(2,3)33-23(29)27-13-11-20(16-27)32-19-7-4-17(5-8-19)10-12-26-34(30,31)22-14-18(15-25)6-9-21(22)28/h4-9,14,20,26,28H,10-13,16H2,1-3H3. The molecule has 1 aliphatic rings. The zero-order valence-electron chi connectivity index (χ0n) is 19.4. The van der Waals surface area contributed by atoms with Crippen LogP contribution in [0.15, 0.2) is 47.4 Å². The van der Waals surface area contributed by atoms with Gasteiger partial charge in [-0.2, -0.15) is 5.26 Å². The maximum atomic E-state index is 12.5. The number of carbonyl (C=O) groups is 1. The predicted molar refractivity (Wildman–Crippen MR) is 125 cm³/mol. The molecule has 0 saturated carbocycles. The lowest BCUT2D eigenvalue weighted by Crippen LogP contribution is -2.36. The molecule has 1 fully saturated rings. The van der Waals surface area contributed by atoms with E-state index in [0.29, 0.717) is 31.7 Å². The van der Waals surface area contributed by atoms with E-state index in [1.807, 2.05) is 51.1 Å². The first-order chi connectivity index (χ1) is 16.0. The summed E-state index contributed by atoms with van der Waals surface area (Å²) in [6.07, 6.45) is 0.669. The molecule has 2 N–H and O–H groups in total. The quantitative estimate of drug-likeness (QED) is 0.614. The van der Waals surface area contributed by atoms with Gasteiger partial charge in [-0.3, -0.25) is 0 Å². The third-order valence-corrected chi connectivity index (χ3v) is 6.60. The second-order valence-electron chi connectivity index (χ2n) is 9.04. The highest BCUT2D eigenvalue weighted by Crippen LogP contribution is 2.24. The molecule has 2 aromatic carbocycles. The normalized spacial score (nSPS) is 16.2. The van der Waals surface area contributed by atoms with Crippen LogP contribution in [0.4, 0.5) is 4.79 Å². The minimum absolute atomic E-state index is 0.117. The largest absolute Gasteiger partial charge is 0.507 e. The van der Waals surface area contributed by atoms with Crippen LogP contribution in [-0.2, 0) is 21.2 Å². The van der Waals surface area contributed by atoms with Gasteiger partial charge < -0.3 is 19.5 Å². The van der Waals surface area contributed by atoms with E-state index in [4.69, 9.17) is 14.7 Å². The molecule has 0 aliphatic carbocycles. The Morgan fingerprint density at radius 1 is 1.24 bits per heavy atom. The first-order valence-electron chi connectivity index (χ1n) is 10.9. The summed E-state index contributed by atoms with van der Waals surface area (Å²) in [4.78, 5) is 13.5. The fraction of sp³-hybridized carbons (Fsp3) is 0.417. The fourth-order valence-corrected chi connectivity index (χ4v) is 4.60. The van der Waals surface area contributed by atoms with Crippen LogP contribution in [0.25, 0.3) is 0 Å². The van der Waals surface area contributed by atoms with Crippen molar-refractivity contribution >= 4 is 16.1 Å². The van der Waals surface area contributed by atoms with E-state index in [1.165, 1.54) is 12.1 Å². The molecule has 1 heterocycles. The zero-order valence-corrected chi connectivity index (χ0v) is 20.3. The van der Waals surface area contributed by atoms with Gasteiger partial charge in [0.05, 0.1) is 18.2 Å². The number of ether oxygens (including phenoxy) is 2. The van der Waals surface area contributed by atoms with E-state index < -0.39 is 21.4 Å². The summed E-state index contributed by atoms with van der Waals surface area (Å²) < 4.78 is 38.8. The molecule has 10 heteroatoms. The lowest BCUT2D eigenvalue weighted by molar-refractivity contribution is 0.0275. The van der Waals surface area contributed by atoms with Crippen molar-refractivity contribution in [1.29, 1.82) is 5.26 Å². The van der Waals surface area contributed by atoms with Crippen molar-refractivity contribution in [3.05, 3.63) is 53.6 Å². The number of amides is 1. The highest BCUT2D eigenvalue weighted by Gasteiger charge is 2.30. The molecule has 1 atom stereocenters. The van der Waals surface area contributed by atoms with Gasteiger partial charge >= 0.3 is 6.09 Å². The molecular weight excluding hydrogens is 458 g/mol. The van der Waals surface area contributed by atoms with Crippen LogP contribution in [0.3, 0.4) is 0 Å². The van der Waals surface area contributed by atoms with E-state index in [1.54, 1.807) is 4.90 Å².